The summed E-state index contributed by atoms with van der Waals surface area (Å²) in [6.07, 6.45) is 10.1. The lowest BCUT2D eigenvalue weighted by molar-refractivity contribution is -0.148. The molecule has 8 atom stereocenters. The molecule has 0 aromatic heterocycles. The third kappa shape index (κ3) is 2.10. The normalized spacial score (nSPS) is 46.1. The lowest BCUT2D eigenvalue weighted by Crippen LogP contribution is -2.46. The largest absolute Gasteiger partial charge is 0.481 e. The molecular weight excluding hydrogens is 278 g/mol. The van der Waals surface area contributed by atoms with Crippen molar-refractivity contribution in [2.45, 2.75) is 45.1 Å². The van der Waals surface area contributed by atoms with Crippen LogP contribution in [0.2, 0.25) is 0 Å². The lowest BCUT2D eigenvalue weighted by Gasteiger charge is -2.31. The standard InChI is InChI=1S/C18H25NO3/c1-9(14-7-10-2-3-11(14)6-10)19-17(20)15-12-4-5-13(8-12)16(15)18(21)22/h4-5,9-16H,2-3,6-8H2,1H3,(H,19,20)(H,21,22)/t9-,10-,11-,12-,13-,14-,15+,16-/m0/s1. The molecule has 22 heavy (non-hydrogen) atoms. The van der Waals surface area contributed by atoms with E-state index in [4.69, 9.17) is 0 Å². The Morgan fingerprint density at radius 2 is 1.82 bits per heavy atom. The SMILES string of the molecule is C[C@H](NC(=O)[C@H]1[C@@H](C(=O)O)[C@H]2C=C[C@H]1C2)[C@@H]1C[C@H]2CC[C@H]1C2. The van der Waals surface area contributed by atoms with Crippen molar-refractivity contribution in [3.8, 4) is 0 Å². The Hall–Kier alpha value is -1.32. The summed E-state index contributed by atoms with van der Waals surface area (Å²) in [6.45, 7) is 2.11. The molecule has 4 aliphatic rings. The van der Waals surface area contributed by atoms with Crippen LogP contribution in [0.25, 0.3) is 0 Å². The molecule has 2 N–H and O–H groups in total. The fraction of sp³-hybridized carbons (Fsp3) is 0.778. The van der Waals surface area contributed by atoms with Gasteiger partial charge in [-0.2, -0.15) is 0 Å². The zero-order chi connectivity index (χ0) is 15.4. The van der Waals surface area contributed by atoms with Crippen LogP contribution >= 0.6 is 0 Å². The summed E-state index contributed by atoms with van der Waals surface area (Å²) in [5.74, 6) is 0.677. The molecule has 0 spiro atoms. The number of fused-ring (bicyclic) bond motifs is 4. The van der Waals surface area contributed by atoms with Crippen molar-refractivity contribution in [1.29, 1.82) is 0 Å². The number of carbonyl (C=O) groups excluding carboxylic acids is 1. The minimum Gasteiger partial charge on any atom is -0.481 e. The first kappa shape index (κ1) is 14.3. The Kier molecular flexibility index (Phi) is 3.31. The minimum absolute atomic E-state index is 0.0282. The van der Waals surface area contributed by atoms with Gasteiger partial charge < -0.3 is 10.4 Å². The Bertz CT molecular complexity index is 528. The number of hydrogen-bond donors (Lipinski definition) is 2. The monoisotopic (exact) mass is 303 g/mol. The second-order valence-electron chi connectivity index (χ2n) is 7.97. The van der Waals surface area contributed by atoms with Gasteiger partial charge in [0.15, 0.2) is 0 Å². The van der Waals surface area contributed by atoms with Crippen LogP contribution in [0, 0.1) is 41.4 Å². The van der Waals surface area contributed by atoms with Crippen molar-refractivity contribution >= 4 is 11.9 Å². The van der Waals surface area contributed by atoms with Crippen molar-refractivity contribution in [2.75, 3.05) is 0 Å². The summed E-state index contributed by atoms with van der Waals surface area (Å²) in [5.41, 5.74) is 0. The predicted molar refractivity (Wildman–Crippen MR) is 81.9 cm³/mol. The molecule has 0 saturated heterocycles. The van der Waals surface area contributed by atoms with Crippen molar-refractivity contribution < 1.29 is 14.7 Å². The van der Waals surface area contributed by atoms with Gasteiger partial charge >= 0.3 is 5.97 Å². The first-order valence-corrected chi connectivity index (χ1v) is 8.76. The van der Waals surface area contributed by atoms with E-state index in [1.54, 1.807) is 0 Å². The van der Waals surface area contributed by atoms with E-state index in [0.717, 1.165) is 18.3 Å². The van der Waals surface area contributed by atoms with Crippen molar-refractivity contribution in [3.05, 3.63) is 12.2 Å². The molecule has 0 aromatic rings. The lowest BCUT2D eigenvalue weighted by atomic mass is 9.81. The third-order valence-electron chi connectivity index (χ3n) is 6.85. The third-order valence-corrected chi connectivity index (χ3v) is 6.85. The smallest absolute Gasteiger partial charge is 0.307 e. The number of aliphatic carboxylic acids is 1. The molecule has 4 nitrogen and oxygen atoms in total. The molecule has 0 heterocycles. The zero-order valence-electron chi connectivity index (χ0n) is 13.1. The van der Waals surface area contributed by atoms with E-state index < -0.39 is 11.9 Å². The van der Waals surface area contributed by atoms with E-state index in [1.165, 1.54) is 25.7 Å². The molecule has 4 heteroatoms. The average Bonchev–Trinajstić information content (AvgIpc) is 3.24. The van der Waals surface area contributed by atoms with Crippen LogP contribution in [0.1, 0.15) is 39.0 Å². The van der Waals surface area contributed by atoms with E-state index in [0.29, 0.717) is 5.92 Å². The van der Waals surface area contributed by atoms with Gasteiger partial charge in [-0.15, -0.1) is 0 Å². The predicted octanol–water partition coefficient (Wildman–Crippen LogP) is 2.45. The molecule has 3 fully saturated rings. The number of hydrogen-bond acceptors (Lipinski definition) is 2. The van der Waals surface area contributed by atoms with Gasteiger partial charge in [0.2, 0.25) is 5.91 Å². The molecule has 4 aliphatic carbocycles. The van der Waals surface area contributed by atoms with Crippen LogP contribution in [0.4, 0.5) is 0 Å². The molecule has 0 aromatic carbocycles. The molecule has 4 rings (SSSR count). The zero-order valence-corrected chi connectivity index (χ0v) is 13.1. The summed E-state index contributed by atoms with van der Waals surface area (Å²) in [6, 6.07) is 0.181. The summed E-state index contributed by atoms with van der Waals surface area (Å²) in [5, 5.41) is 12.7. The maximum Gasteiger partial charge on any atom is 0.307 e. The second-order valence-corrected chi connectivity index (χ2v) is 7.97. The van der Waals surface area contributed by atoms with Gasteiger partial charge in [-0.3, -0.25) is 9.59 Å². The van der Waals surface area contributed by atoms with E-state index in [9.17, 15) is 14.7 Å². The van der Waals surface area contributed by atoms with Gasteiger partial charge in [0.25, 0.3) is 0 Å². The summed E-state index contributed by atoms with van der Waals surface area (Å²) in [7, 11) is 0. The Morgan fingerprint density at radius 1 is 1.09 bits per heavy atom. The summed E-state index contributed by atoms with van der Waals surface area (Å²) >= 11 is 0. The van der Waals surface area contributed by atoms with Crippen LogP contribution in [-0.2, 0) is 9.59 Å². The van der Waals surface area contributed by atoms with Crippen LogP contribution in [0.3, 0.4) is 0 Å². The van der Waals surface area contributed by atoms with E-state index >= 15 is 0 Å². The Labute approximate surface area is 131 Å². The topological polar surface area (TPSA) is 66.4 Å². The average molecular weight is 303 g/mol. The molecule has 0 aliphatic heterocycles. The van der Waals surface area contributed by atoms with Crippen LogP contribution < -0.4 is 5.32 Å². The van der Waals surface area contributed by atoms with Gasteiger partial charge in [-0.1, -0.05) is 18.6 Å². The quantitative estimate of drug-likeness (QED) is 0.784. The van der Waals surface area contributed by atoms with Crippen molar-refractivity contribution in [1.82, 2.24) is 5.32 Å². The van der Waals surface area contributed by atoms with Crippen molar-refractivity contribution in [2.24, 2.45) is 41.4 Å². The van der Waals surface area contributed by atoms with Gasteiger partial charge in [-0.25, -0.2) is 0 Å². The maximum atomic E-state index is 12.7. The number of allylic oxidation sites excluding steroid dienone is 2. The maximum absolute atomic E-state index is 12.7. The van der Waals surface area contributed by atoms with Crippen LogP contribution in [0.5, 0.6) is 0 Å². The molecule has 1 amide bonds. The summed E-state index contributed by atoms with van der Waals surface area (Å²) in [4.78, 5) is 24.3. The molecule has 3 saturated carbocycles. The number of carbonyl (C=O) groups is 2. The van der Waals surface area contributed by atoms with Gasteiger partial charge in [-0.05, 0) is 62.2 Å². The van der Waals surface area contributed by atoms with Crippen LogP contribution in [0.15, 0.2) is 12.2 Å². The van der Waals surface area contributed by atoms with Crippen molar-refractivity contribution in [3.63, 3.8) is 0 Å². The highest BCUT2D eigenvalue weighted by atomic mass is 16.4. The number of amides is 1. The van der Waals surface area contributed by atoms with Crippen LogP contribution in [-0.4, -0.2) is 23.0 Å². The fourth-order valence-electron chi connectivity index (χ4n) is 5.85. The number of carboxylic acid groups (broad SMARTS) is 1. The minimum atomic E-state index is -0.815. The summed E-state index contributed by atoms with van der Waals surface area (Å²) < 4.78 is 0. The van der Waals surface area contributed by atoms with Gasteiger partial charge in [0, 0.05) is 6.04 Å². The fourth-order valence-corrected chi connectivity index (χ4v) is 5.85. The highest BCUT2D eigenvalue weighted by molar-refractivity contribution is 5.87. The molecule has 4 bridgehead atoms. The highest BCUT2D eigenvalue weighted by Crippen LogP contribution is 2.50. The van der Waals surface area contributed by atoms with E-state index in [1.807, 2.05) is 6.08 Å². The van der Waals surface area contributed by atoms with Gasteiger partial charge in [0.05, 0.1) is 11.8 Å². The van der Waals surface area contributed by atoms with E-state index in [2.05, 4.69) is 18.3 Å². The van der Waals surface area contributed by atoms with E-state index in [-0.39, 0.29) is 29.7 Å². The molecular formula is C18H25NO3. The molecule has 0 unspecified atom stereocenters. The Morgan fingerprint density at radius 3 is 2.41 bits per heavy atom. The second kappa shape index (κ2) is 5.10. The first-order valence-electron chi connectivity index (χ1n) is 8.76. The van der Waals surface area contributed by atoms with Gasteiger partial charge in [0.1, 0.15) is 0 Å². The molecule has 120 valence electrons. The first-order chi connectivity index (χ1) is 10.5. The molecule has 0 radical (unpaired) electrons. The number of nitrogens with one attached hydrogen (secondary N) is 1. The number of rotatable bonds is 4. The number of carboxylic acids is 1. The Balaban J connectivity index is 1.43. The highest BCUT2D eigenvalue weighted by Gasteiger charge is 2.52.